The van der Waals surface area contributed by atoms with Crippen LogP contribution in [0.15, 0.2) is 24.5 Å². The van der Waals surface area contributed by atoms with Crippen LogP contribution in [0.3, 0.4) is 0 Å². The fourth-order valence-corrected chi connectivity index (χ4v) is 3.51. The zero-order valence-corrected chi connectivity index (χ0v) is 16.3. The molecule has 2 heterocycles. The number of nitrogens with zero attached hydrogens (tertiary/aromatic N) is 3. The summed E-state index contributed by atoms with van der Waals surface area (Å²) in [5.41, 5.74) is 0.783. The number of imidazole rings is 1. The maximum Gasteiger partial charge on any atom is 0.222 e. The van der Waals surface area contributed by atoms with Crippen LogP contribution < -0.4 is 9.47 Å². The first kappa shape index (κ1) is 18.6. The highest BCUT2D eigenvalue weighted by molar-refractivity contribution is 6.31. The number of benzene rings is 1. The number of halogens is 1. The van der Waals surface area contributed by atoms with E-state index in [1.807, 2.05) is 33.2 Å². The van der Waals surface area contributed by atoms with Crippen LogP contribution in [-0.4, -0.2) is 47.2 Å². The lowest BCUT2D eigenvalue weighted by Crippen LogP contribution is -2.20. The van der Waals surface area contributed by atoms with Crippen LogP contribution in [0.5, 0.6) is 11.5 Å². The Morgan fingerprint density at radius 2 is 2.15 bits per heavy atom. The van der Waals surface area contributed by atoms with Gasteiger partial charge in [-0.1, -0.05) is 11.6 Å². The lowest BCUT2D eigenvalue weighted by atomic mass is 10.1. The smallest absolute Gasteiger partial charge is 0.222 e. The van der Waals surface area contributed by atoms with Crippen molar-refractivity contribution in [3.05, 3.63) is 29.5 Å². The quantitative estimate of drug-likeness (QED) is 0.773. The Bertz CT molecular complexity index is 803. The summed E-state index contributed by atoms with van der Waals surface area (Å²) >= 11 is 6.29. The van der Waals surface area contributed by atoms with Gasteiger partial charge >= 0.3 is 0 Å². The van der Waals surface area contributed by atoms with Gasteiger partial charge in [-0.05, 0) is 19.9 Å². The second-order valence-corrected chi connectivity index (χ2v) is 7.34. The highest BCUT2D eigenvalue weighted by Gasteiger charge is 2.28. The number of carbonyl (C=O) groups excluding carboxylic acids is 1. The van der Waals surface area contributed by atoms with Crippen molar-refractivity contribution in [1.82, 2.24) is 14.5 Å². The summed E-state index contributed by atoms with van der Waals surface area (Å²) in [6.07, 6.45) is 4.21. The largest absolute Gasteiger partial charge is 0.493 e. The Balaban J connectivity index is 1.98. The minimum absolute atomic E-state index is 0.0201. The van der Waals surface area contributed by atoms with E-state index in [2.05, 4.69) is 9.55 Å². The number of rotatable bonds is 6. The van der Waals surface area contributed by atoms with E-state index in [4.69, 9.17) is 21.1 Å². The van der Waals surface area contributed by atoms with E-state index in [0.29, 0.717) is 29.5 Å². The van der Waals surface area contributed by atoms with Gasteiger partial charge in [-0.2, -0.15) is 0 Å². The minimum atomic E-state index is -0.0201. The summed E-state index contributed by atoms with van der Waals surface area (Å²) in [5, 5.41) is 0.554. The Morgan fingerprint density at radius 1 is 1.38 bits per heavy atom. The third-order valence-corrected chi connectivity index (χ3v) is 4.64. The molecular formula is C19H24ClN3O3. The fraction of sp³-hybridized carbons (Fsp3) is 0.474. The van der Waals surface area contributed by atoms with Crippen molar-refractivity contribution in [3.8, 4) is 22.9 Å². The van der Waals surface area contributed by atoms with Gasteiger partial charge in [0, 0.05) is 56.0 Å². The lowest BCUT2D eigenvalue weighted by molar-refractivity contribution is -0.126. The third-order valence-electron chi connectivity index (χ3n) is 4.43. The highest BCUT2D eigenvalue weighted by Crippen LogP contribution is 2.41. The predicted octanol–water partition coefficient (Wildman–Crippen LogP) is 3.48. The van der Waals surface area contributed by atoms with Crippen LogP contribution in [0.1, 0.15) is 20.3 Å². The monoisotopic (exact) mass is 377 g/mol. The Morgan fingerprint density at radius 3 is 2.77 bits per heavy atom. The molecule has 2 aromatic rings. The zero-order chi connectivity index (χ0) is 18.8. The summed E-state index contributed by atoms with van der Waals surface area (Å²) in [4.78, 5) is 18.1. The molecule has 0 radical (unpaired) electrons. The molecule has 3 rings (SSSR count). The summed E-state index contributed by atoms with van der Waals surface area (Å²) in [6, 6.07) is 3.58. The van der Waals surface area contributed by atoms with Crippen molar-refractivity contribution >= 4 is 17.5 Å². The number of carbonyl (C=O) groups is 1. The lowest BCUT2D eigenvalue weighted by Gasteiger charge is -2.19. The van der Waals surface area contributed by atoms with Crippen LogP contribution in [0, 0.1) is 5.92 Å². The first-order valence-corrected chi connectivity index (χ1v) is 9.06. The number of methoxy groups -OCH3 is 1. The van der Waals surface area contributed by atoms with E-state index in [9.17, 15) is 4.79 Å². The number of aromatic nitrogens is 2. The molecule has 1 fully saturated rings. The minimum Gasteiger partial charge on any atom is -0.493 e. The van der Waals surface area contributed by atoms with Crippen molar-refractivity contribution in [2.24, 2.45) is 5.92 Å². The van der Waals surface area contributed by atoms with Gasteiger partial charge in [-0.3, -0.25) is 4.79 Å². The summed E-state index contributed by atoms with van der Waals surface area (Å²) < 4.78 is 13.5. The Kier molecular flexibility index (Phi) is 5.41. The third kappa shape index (κ3) is 3.80. The first-order chi connectivity index (χ1) is 12.4. The number of amides is 1. The Hall–Kier alpha value is -2.21. The van der Waals surface area contributed by atoms with E-state index in [1.165, 1.54) is 0 Å². The van der Waals surface area contributed by atoms with Crippen molar-refractivity contribution in [2.75, 3.05) is 20.7 Å². The second-order valence-electron chi connectivity index (χ2n) is 6.90. The summed E-state index contributed by atoms with van der Waals surface area (Å²) in [7, 11) is 3.43. The standard InChI is InChI=1S/C19H24ClN3O3/c1-12(2)26-18-15(8-14(20)9-16(18)25-4)19-21-5-6-23(19)11-13-7-17(24)22(3)10-13/h5-6,8-9,12-13H,7,10-11H2,1-4H3. The number of hydrogen-bond acceptors (Lipinski definition) is 4. The number of likely N-dealkylation sites (tertiary alicyclic amines) is 1. The average molecular weight is 378 g/mol. The van der Waals surface area contributed by atoms with Crippen LogP contribution in [-0.2, 0) is 11.3 Å². The molecule has 1 saturated heterocycles. The van der Waals surface area contributed by atoms with Gasteiger partial charge in [-0.15, -0.1) is 0 Å². The number of hydrogen-bond donors (Lipinski definition) is 0. The molecule has 1 aromatic heterocycles. The molecule has 0 N–H and O–H groups in total. The molecule has 7 heteroatoms. The molecule has 0 aliphatic carbocycles. The van der Waals surface area contributed by atoms with Crippen molar-refractivity contribution in [1.29, 1.82) is 0 Å². The topological polar surface area (TPSA) is 56.6 Å². The van der Waals surface area contributed by atoms with Crippen LogP contribution >= 0.6 is 11.6 Å². The van der Waals surface area contributed by atoms with Crippen molar-refractivity contribution < 1.29 is 14.3 Å². The van der Waals surface area contributed by atoms with E-state index >= 15 is 0 Å². The van der Waals surface area contributed by atoms with E-state index in [-0.39, 0.29) is 17.9 Å². The average Bonchev–Trinajstić information content (AvgIpc) is 3.15. The Labute approximate surface area is 158 Å². The second kappa shape index (κ2) is 7.58. The SMILES string of the molecule is COc1cc(Cl)cc(-c2nccn2CC2CC(=O)N(C)C2)c1OC(C)C. The van der Waals surface area contributed by atoms with Gasteiger partial charge in [0.15, 0.2) is 11.5 Å². The zero-order valence-electron chi connectivity index (χ0n) is 15.5. The fourth-order valence-electron chi connectivity index (χ4n) is 3.30. The molecule has 1 atom stereocenters. The molecule has 1 aromatic carbocycles. The van der Waals surface area contributed by atoms with Gasteiger partial charge in [0.05, 0.1) is 18.8 Å². The molecule has 140 valence electrons. The van der Waals surface area contributed by atoms with E-state index < -0.39 is 0 Å². The van der Waals surface area contributed by atoms with Gasteiger partial charge in [0.1, 0.15) is 5.82 Å². The molecule has 1 aliphatic heterocycles. The molecule has 1 amide bonds. The normalized spacial score (nSPS) is 17.2. The maximum absolute atomic E-state index is 11.8. The molecule has 0 saturated carbocycles. The predicted molar refractivity (Wildman–Crippen MR) is 101 cm³/mol. The summed E-state index contributed by atoms with van der Waals surface area (Å²) in [5.74, 6) is 2.40. The highest BCUT2D eigenvalue weighted by atomic mass is 35.5. The molecular weight excluding hydrogens is 354 g/mol. The van der Waals surface area contributed by atoms with E-state index in [0.717, 1.165) is 17.9 Å². The summed E-state index contributed by atoms with van der Waals surface area (Å²) in [6.45, 7) is 5.39. The van der Waals surface area contributed by atoms with Crippen LogP contribution in [0.2, 0.25) is 5.02 Å². The maximum atomic E-state index is 11.8. The van der Waals surface area contributed by atoms with E-state index in [1.54, 1.807) is 24.3 Å². The molecule has 0 spiro atoms. The number of ether oxygens (including phenoxy) is 2. The molecule has 1 aliphatic rings. The van der Waals surface area contributed by atoms with Gasteiger partial charge in [0.25, 0.3) is 0 Å². The molecule has 1 unspecified atom stereocenters. The van der Waals surface area contributed by atoms with Gasteiger partial charge < -0.3 is 18.9 Å². The molecule has 0 bridgehead atoms. The van der Waals surface area contributed by atoms with Gasteiger partial charge in [0.2, 0.25) is 5.91 Å². The van der Waals surface area contributed by atoms with Crippen molar-refractivity contribution in [2.45, 2.75) is 32.9 Å². The van der Waals surface area contributed by atoms with Crippen molar-refractivity contribution in [3.63, 3.8) is 0 Å². The first-order valence-electron chi connectivity index (χ1n) is 8.68. The molecule has 6 nitrogen and oxygen atoms in total. The van der Waals surface area contributed by atoms with Crippen LogP contribution in [0.4, 0.5) is 0 Å². The van der Waals surface area contributed by atoms with Crippen LogP contribution in [0.25, 0.3) is 11.4 Å². The van der Waals surface area contributed by atoms with Gasteiger partial charge in [-0.25, -0.2) is 4.98 Å². The molecule has 26 heavy (non-hydrogen) atoms.